The fraction of sp³-hybridized carbons (Fsp3) is 0.333. The Morgan fingerprint density at radius 2 is 1.92 bits per heavy atom. The van der Waals surface area contributed by atoms with Crippen molar-refractivity contribution in [1.29, 1.82) is 0 Å². The van der Waals surface area contributed by atoms with Gasteiger partial charge in [-0.25, -0.2) is 9.97 Å². The van der Waals surface area contributed by atoms with Gasteiger partial charge in [0.05, 0.1) is 18.6 Å². The van der Waals surface area contributed by atoms with Crippen molar-refractivity contribution in [2.24, 2.45) is 0 Å². The maximum atomic E-state index is 9.76. The van der Waals surface area contributed by atoms with Crippen LogP contribution in [0.2, 0.25) is 0 Å². The number of aliphatic hydroxyl groups excluding tert-OH is 1. The van der Waals surface area contributed by atoms with Gasteiger partial charge in [0, 0.05) is 24.0 Å². The second-order valence-electron chi connectivity index (χ2n) is 5.97. The van der Waals surface area contributed by atoms with Gasteiger partial charge < -0.3 is 14.7 Å². The fourth-order valence-corrected chi connectivity index (χ4v) is 4.07. The molecule has 0 aliphatic carbocycles. The Balaban J connectivity index is 1.79. The molecule has 2 aromatic heterocycles. The zero-order valence-corrected chi connectivity index (χ0v) is 14.3. The SMILES string of the molecule is COc1ccc(-c2csc3ncnc(N4CCC(O)CC4)c23)cc1. The van der Waals surface area contributed by atoms with Crippen LogP contribution in [0.3, 0.4) is 0 Å². The van der Waals surface area contributed by atoms with E-state index in [1.807, 2.05) is 12.1 Å². The summed E-state index contributed by atoms with van der Waals surface area (Å²) in [4.78, 5) is 12.3. The lowest BCUT2D eigenvalue weighted by Crippen LogP contribution is -2.36. The summed E-state index contributed by atoms with van der Waals surface area (Å²) in [5.74, 6) is 1.82. The predicted molar refractivity (Wildman–Crippen MR) is 96.9 cm³/mol. The second-order valence-corrected chi connectivity index (χ2v) is 6.83. The van der Waals surface area contributed by atoms with E-state index in [4.69, 9.17) is 4.74 Å². The van der Waals surface area contributed by atoms with E-state index in [1.165, 1.54) is 0 Å². The van der Waals surface area contributed by atoms with Crippen LogP contribution in [0.4, 0.5) is 5.82 Å². The summed E-state index contributed by atoms with van der Waals surface area (Å²) >= 11 is 1.64. The van der Waals surface area contributed by atoms with Gasteiger partial charge in [0.15, 0.2) is 0 Å². The molecule has 5 nitrogen and oxygen atoms in total. The Morgan fingerprint density at radius 1 is 1.17 bits per heavy atom. The van der Waals surface area contributed by atoms with E-state index in [1.54, 1.807) is 24.8 Å². The first kappa shape index (κ1) is 15.4. The summed E-state index contributed by atoms with van der Waals surface area (Å²) < 4.78 is 5.25. The molecule has 24 heavy (non-hydrogen) atoms. The molecule has 0 bridgehead atoms. The van der Waals surface area contributed by atoms with Crippen molar-refractivity contribution in [3.63, 3.8) is 0 Å². The molecule has 124 valence electrons. The quantitative estimate of drug-likeness (QED) is 0.792. The molecule has 0 unspecified atom stereocenters. The van der Waals surface area contributed by atoms with Crippen LogP contribution in [0.1, 0.15) is 12.8 Å². The van der Waals surface area contributed by atoms with E-state index < -0.39 is 0 Å². The van der Waals surface area contributed by atoms with Gasteiger partial charge in [-0.3, -0.25) is 0 Å². The lowest BCUT2D eigenvalue weighted by molar-refractivity contribution is 0.145. The topological polar surface area (TPSA) is 58.5 Å². The fourth-order valence-electron chi connectivity index (χ4n) is 3.16. The molecule has 1 aliphatic heterocycles. The van der Waals surface area contributed by atoms with Crippen molar-refractivity contribution in [3.8, 4) is 16.9 Å². The molecule has 6 heteroatoms. The molecular formula is C18H19N3O2S. The zero-order valence-electron chi connectivity index (χ0n) is 13.5. The molecule has 0 atom stereocenters. The zero-order chi connectivity index (χ0) is 16.5. The normalized spacial score (nSPS) is 15.8. The van der Waals surface area contributed by atoms with Crippen LogP contribution in [0, 0.1) is 0 Å². The molecule has 1 aliphatic rings. The number of aliphatic hydroxyl groups is 1. The molecule has 1 N–H and O–H groups in total. The Morgan fingerprint density at radius 3 is 2.62 bits per heavy atom. The van der Waals surface area contributed by atoms with Gasteiger partial charge in [-0.15, -0.1) is 11.3 Å². The van der Waals surface area contributed by atoms with Gasteiger partial charge in [0.2, 0.25) is 0 Å². The van der Waals surface area contributed by atoms with Gasteiger partial charge in [0.25, 0.3) is 0 Å². The van der Waals surface area contributed by atoms with Crippen molar-refractivity contribution in [3.05, 3.63) is 36.0 Å². The van der Waals surface area contributed by atoms with Gasteiger partial charge in [-0.2, -0.15) is 0 Å². The molecule has 3 heterocycles. The highest BCUT2D eigenvalue weighted by atomic mass is 32.1. The number of hydrogen-bond acceptors (Lipinski definition) is 6. The van der Waals surface area contributed by atoms with E-state index in [2.05, 4.69) is 32.4 Å². The number of hydrogen-bond donors (Lipinski definition) is 1. The molecular weight excluding hydrogens is 322 g/mol. The minimum Gasteiger partial charge on any atom is -0.497 e. The summed E-state index contributed by atoms with van der Waals surface area (Å²) in [6, 6.07) is 8.08. The lowest BCUT2D eigenvalue weighted by atomic mass is 10.0. The number of piperidine rings is 1. The van der Waals surface area contributed by atoms with Crippen LogP contribution >= 0.6 is 11.3 Å². The van der Waals surface area contributed by atoms with Crippen LogP contribution in [0.5, 0.6) is 5.75 Å². The van der Waals surface area contributed by atoms with E-state index in [-0.39, 0.29) is 6.10 Å². The second kappa shape index (κ2) is 6.37. The number of fused-ring (bicyclic) bond motifs is 1. The van der Waals surface area contributed by atoms with E-state index in [9.17, 15) is 5.11 Å². The third kappa shape index (κ3) is 2.72. The first-order valence-corrected chi connectivity index (χ1v) is 8.94. The number of nitrogens with zero attached hydrogens (tertiary/aromatic N) is 3. The maximum absolute atomic E-state index is 9.76. The van der Waals surface area contributed by atoms with Crippen LogP contribution in [0.15, 0.2) is 36.0 Å². The Bertz CT molecular complexity index is 839. The molecule has 3 aromatic rings. The largest absolute Gasteiger partial charge is 0.497 e. The van der Waals surface area contributed by atoms with Gasteiger partial charge in [-0.05, 0) is 30.5 Å². The standard InChI is InChI=1S/C18H19N3O2S/c1-23-14-4-2-12(3-5-14)15-10-24-18-16(15)17(19-11-20-18)21-8-6-13(22)7-9-21/h2-5,10-11,13,22H,6-9H2,1H3. The van der Waals surface area contributed by atoms with Crippen LogP contribution in [0.25, 0.3) is 21.3 Å². The Hall–Kier alpha value is -2.18. The highest BCUT2D eigenvalue weighted by molar-refractivity contribution is 7.17. The third-order valence-electron chi connectivity index (χ3n) is 4.52. The monoisotopic (exact) mass is 341 g/mol. The van der Waals surface area contributed by atoms with Crippen molar-refractivity contribution in [1.82, 2.24) is 9.97 Å². The number of benzene rings is 1. The highest BCUT2D eigenvalue weighted by Crippen LogP contribution is 2.38. The molecule has 0 saturated carbocycles. The van der Waals surface area contributed by atoms with Gasteiger partial charge in [-0.1, -0.05) is 12.1 Å². The van der Waals surface area contributed by atoms with Crippen LogP contribution in [-0.2, 0) is 0 Å². The molecule has 0 radical (unpaired) electrons. The number of ether oxygens (including phenoxy) is 1. The number of rotatable bonds is 3. The first-order valence-electron chi connectivity index (χ1n) is 8.06. The van der Waals surface area contributed by atoms with E-state index >= 15 is 0 Å². The molecule has 0 amide bonds. The average molecular weight is 341 g/mol. The van der Waals surface area contributed by atoms with Crippen molar-refractivity contribution < 1.29 is 9.84 Å². The Kier molecular flexibility index (Phi) is 4.08. The summed E-state index contributed by atoms with van der Waals surface area (Å²) in [6.45, 7) is 1.65. The van der Waals surface area contributed by atoms with Crippen LogP contribution in [-0.4, -0.2) is 41.4 Å². The third-order valence-corrected chi connectivity index (χ3v) is 5.40. The lowest BCUT2D eigenvalue weighted by Gasteiger charge is -2.31. The molecule has 4 rings (SSSR count). The van der Waals surface area contributed by atoms with Crippen molar-refractivity contribution in [2.75, 3.05) is 25.1 Å². The number of anilines is 1. The van der Waals surface area contributed by atoms with Gasteiger partial charge >= 0.3 is 0 Å². The average Bonchev–Trinajstić information content (AvgIpc) is 3.07. The predicted octanol–water partition coefficient (Wildman–Crippen LogP) is 3.33. The highest BCUT2D eigenvalue weighted by Gasteiger charge is 2.22. The van der Waals surface area contributed by atoms with Crippen LogP contribution < -0.4 is 9.64 Å². The smallest absolute Gasteiger partial charge is 0.141 e. The molecule has 0 spiro atoms. The molecule has 1 aromatic carbocycles. The van der Waals surface area contributed by atoms with Gasteiger partial charge in [0.1, 0.15) is 22.7 Å². The summed E-state index contributed by atoms with van der Waals surface area (Å²) in [5, 5.41) is 13.0. The minimum atomic E-state index is -0.192. The summed E-state index contributed by atoms with van der Waals surface area (Å²) in [7, 11) is 1.67. The number of aromatic nitrogens is 2. The number of thiophene rings is 1. The Labute approximate surface area is 144 Å². The van der Waals surface area contributed by atoms with Crippen molar-refractivity contribution in [2.45, 2.75) is 18.9 Å². The minimum absolute atomic E-state index is 0.192. The molecule has 1 fully saturated rings. The molecule has 1 saturated heterocycles. The number of methoxy groups -OCH3 is 1. The summed E-state index contributed by atoms with van der Waals surface area (Å²) in [6.07, 6.45) is 3.01. The summed E-state index contributed by atoms with van der Waals surface area (Å²) in [5.41, 5.74) is 2.29. The maximum Gasteiger partial charge on any atom is 0.141 e. The first-order chi connectivity index (χ1) is 11.8. The van der Waals surface area contributed by atoms with E-state index in [0.29, 0.717) is 0 Å². The van der Waals surface area contributed by atoms with Crippen molar-refractivity contribution >= 4 is 27.4 Å². The van der Waals surface area contributed by atoms with E-state index in [0.717, 1.165) is 58.8 Å².